The molecule has 1 atom stereocenters. The summed E-state index contributed by atoms with van der Waals surface area (Å²) in [6.45, 7) is 6.34. The number of carbonyl (C=O) groups excluding carboxylic acids is 1. The van der Waals surface area contributed by atoms with E-state index < -0.39 is 0 Å². The quantitative estimate of drug-likeness (QED) is 0.673. The normalized spacial score (nSPS) is 12.3. The summed E-state index contributed by atoms with van der Waals surface area (Å²) in [6.07, 6.45) is 1.84. The molecule has 2 rings (SSSR count). The van der Waals surface area contributed by atoms with Gasteiger partial charge in [0.25, 0.3) is 0 Å². The number of allylic oxidation sites excluding steroid dienone is 1. The predicted octanol–water partition coefficient (Wildman–Crippen LogP) is 2.45. The van der Waals surface area contributed by atoms with Crippen LogP contribution in [0.15, 0.2) is 42.1 Å². The van der Waals surface area contributed by atoms with Crippen LogP contribution in [0.25, 0.3) is 11.0 Å². The molecule has 1 heterocycles. The number of imidazole rings is 1. The molecule has 0 fully saturated rings. The molecule has 1 N–H and O–H groups in total. The number of rotatable bonds is 5. The van der Waals surface area contributed by atoms with Crippen molar-refractivity contribution in [2.75, 3.05) is 7.05 Å². The van der Waals surface area contributed by atoms with Gasteiger partial charge in [0.1, 0.15) is 0 Å². The molecule has 100 valence electrons. The van der Waals surface area contributed by atoms with Crippen LogP contribution in [0.1, 0.15) is 6.92 Å². The van der Waals surface area contributed by atoms with Crippen LogP contribution in [0, 0.1) is 0 Å². The first-order valence-electron chi connectivity index (χ1n) is 6.11. The first-order valence-corrected chi connectivity index (χ1v) is 6.99. The Morgan fingerprint density at radius 2 is 2.32 bits per heavy atom. The van der Waals surface area contributed by atoms with E-state index in [9.17, 15) is 4.79 Å². The van der Waals surface area contributed by atoms with E-state index in [0.717, 1.165) is 16.2 Å². The van der Waals surface area contributed by atoms with E-state index in [1.54, 1.807) is 7.05 Å². The number of amides is 1. The van der Waals surface area contributed by atoms with Crippen LogP contribution in [0.3, 0.4) is 0 Å². The zero-order valence-electron chi connectivity index (χ0n) is 11.1. The highest BCUT2D eigenvalue weighted by molar-refractivity contribution is 8.00. The third kappa shape index (κ3) is 2.81. The number of hydrogen-bond acceptors (Lipinski definition) is 3. The van der Waals surface area contributed by atoms with Gasteiger partial charge in [-0.3, -0.25) is 4.79 Å². The maximum absolute atomic E-state index is 11.6. The van der Waals surface area contributed by atoms with Crippen LogP contribution in [0.5, 0.6) is 0 Å². The molecule has 19 heavy (non-hydrogen) atoms. The van der Waals surface area contributed by atoms with Gasteiger partial charge in [-0.1, -0.05) is 30.0 Å². The first kappa shape index (κ1) is 13.7. The number of nitrogens with zero attached hydrogens (tertiary/aromatic N) is 2. The minimum Gasteiger partial charge on any atom is -0.358 e. The lowest BCUT2D eigenvalue weighted by atomic mass is 10.3. The van der Waals surface area contributed by atoms with Crippen molar-refractivity contribution >= 4 is 28.7 Å². The van der Waals surface area contributed by atoms with Crippen molar-refractivity contribution in [1.29, 1.82) is 0 Å². The molecule has 0 bridgehead atoms. The summed E-state index contributed by atoms with van der Waals surface area (Å²) in [6, 6.07) is 7.95. The van der Waals surface area contributed by atoms with E-state index in [0.29, 0.717) is 6.54 Å². The van der Waals surface area contributed by atoms with Gasteiger partial charge in [-0.15, -0.1) is 6.58 Å². The van der Waals surface area contributed by atoms with Crippen molar-refractivity contribution in [3.8, 4) is 0 Å². The molecule has 0 aliphatic carbocycles. The number of benzene rings is 1. The Morgan fingerprint density at radius 3 is 3.00 bits per heavy atom. The Morgan fingerprint density at radius 1 is 1.58 bits per heavy atom. The number of thioether (sulfide) groups is 1. The Kier molecular flexibility index (Phi) is 4.27. The molecule has 0 saturated carbocycles. The number of fused-ring (bicyclic) bond motifs is 1. The SMILES string of the molecule is C=CCn1c(SC(C)C(=O)NC)nc2ccccc21. The summed E-state index contributed by atoms with van der Waals surface area (Å²) in [5.74, 6) is 0.00205. The maximum Gasteiger partial charge on any atom is 0.233 e. The maximum atomic E-state index is 11.6. The fourth-order valence-electron chi connectivity index (χ4n) is 1.86. The number of hydrogen-bond donors (Lipinski definition) is 1. The zero-order valence-corrected chi connectivity index (χ0v) is 11.9. The molecule has 1 aromatic carbocycles. The third-order valence-electron chi connectivity index (χ3n) is 2.83. The lowest BCUT2D eigenvalue weighted by Gasteiger charge is -2.10. The molecule has 4 nitrogen and oxygen atoms in total. The van der Waals surface area contributed by atoms with Crippen LogP contribution >= 0.6 is 11.8 Å². The minimum absolute atomic E-state index is 0.00205. The molecule has 0 aliphatic heterocycles. The molecule has 1 aromatic heterocycles. The van der Waals surface area contributed by atoms with Gasteiger partial charge in [-0.25, -0.2) is 4.98 Å². The molecule has 1 amide bonds. The summed E-state index contributed by atoms with van der Waals surface area (Å²) in [5.41, 5.74) is 2.00. The Bertz CT molecular complexity index is 606. The molecular weight excluding hydrogens is 258 g/mol. The van der Waals surface area contributed by atoms with Crippen LogP contribution in [-0.4, -0.2) is 27.8 Å². The van der Waals surface area contributed by atoms with Crippen LogP contribution in [0.4, 0.5) is 0 Å². The van der Waals surface area contributed by atoms with E-state index in [1.165, 1.54) is 11.8 Å². The fourth-order valence-corrected chi connectivity index (χ4v) is 2.86. The molecule has 0 saturated heterocycles. The molecule has 5 heteroatoms. The average molecular weight is 275 g/mol. The number of carbonyl (C=O) groups is 1. The van der Waals surface area contributed by atoms with Gasteiger partial charge in [0, 0.05) is 13.6 Å². The van der Waals surface area contributed by atoms with Crippen LogP contribution < -0.4 is 5.32 Å². The lowest BCUT2D eigenvalue weighted by Crippen LogP contribution is -2.27. The highest BCUT2D eigenvalue weighted by Crippen LogP contribution is 2.27. The fraction of sp³-hybridized carbons (Fsp3) is 0.286. The van der Waals surface area contributed by atoms with E-state index >= 15 is 0 Å². The molecule has 0 spiro atoms. The summed E-state index contributed by atoms with van der Waals surface area (Å²) in [5, 5.41) is 3.32. The third-order valence-corrected chi connectivity index (χ3v) is 3.92. The van der Waals surface area contributed by atoms with Crippen molar-refractivity contribution in [3.05, 3.63) is 36.9 Å². The second kappa shape index (κ2) is 5.93. The van der Waals surface area contributed by atoms with E-state index in [2.05, 4.69) is 21.4 Å². The predicted molar refractivity (Wildman–Crippen MR) is 79.3 cm³/mol. The summed E-state index contributed by atoms with van der Waals surface area (Å²) >= 11 is 1.46. The topological polar surface area (TPSA) is 46.9 Å². The van der Waals surface area contributed by atoms with E-state index in [1.807, 2.05) is 37.3 Å². The molecule has 1 unspecified atom stereocenters. The van der Waals surface area contributed by atoms with Gasteiger partial charge >= 0.3 is 0 Å². The van der Waals surface area contributed by atoms with Gasteiger partial charge in [0.05, 0.1) is 16.3 Å². The highest BCUT2D eigenvalue weighted by Gasteiger charge is 2.17. The first-order chi connectivity index (χ1) is 9.17. The highest BCUT2D eigenvalue weighted by atomic mass is 32.2. The standard InChI is InChI=1S/C14H17N3OS/c1-4-9-17-12-8-6-5-7-11(12)16-14(17)19-10(2)13(18)15-3/h4-8,10H,1,9H2,2-3H3,(H,15,18). The second-order valence-electron chi connectivity index (χ2n) is 4.16. The molecular formula is C14H17N3OS. The van der Waals surface area contributed by atoms with Gasteiger partial charge < -0.3 is 9.88 Å². The Hall–Kier alpha value is -1.75. The monoisotopic (exact) mass is 275 g/mol. The van der Waals surface area contributed by atoms with Gasteiger partial charge in [0.2, 0.25) is 5.91 Å². The largest absolute Gasteiger partial charge is 0.358 e. The molecule has 2 aromatic rings. The van der Waals surface area contributed by atoms with E-state index in [-0.39, 0.29) is 11.2 Å². The second-order valence-corrected chi connectivity index (χ2v) is 5.46. The van der Waals surface area contributed by atoms with Crippen molar-refractivity contribution < 1.29 is 4.79 Å². The average Bonchev–Trinajstić information content (AvgIpc) is 2.76. The zero-order chi connectivity index (χ0) is 13.8. The number of aromatic nitrogens is 2. The number of para-hydroxylation sites is 2. The van der Waals surface area contributed by atoms with Crippen LogP contribution in [-0.2, 0) is 11.3 Å². The lowest BCUT2D eigenvalue weighted by molar-refractivity contribution is -0.119. The minimum atomic E-state index is -0.176. The van der Waals surface area contributed by atoms with Gasteiger partial charge in [-0.05, 0) is 19.1 Å². The Balaban J connectivity index is 2.38. The van der Waals surface area contributed by atoms with Gasteiger partial charge in [0.15, 0.2) is 5.16 Å². The van der Waals surface area contributed by atoms with Crippen molar-refractivity contribution in [1.82, 2.24) is 14.9 Å². The summed E-state index contributed by atoms with van der Waals surface area (Å²) < 4.78 is 2.08. The summed E-state index contributed by atoms with van der Waals surface area (Å²) in [4.78, 5) is 16.2. The van der Waals surface area contributed by atoms with Crippen molar-refractivity contribution in [2.45, 2.75) is 23.9 Å². The summed E-state index contributed by atoms with van der Waals surface area (Å²) in [7, 11) is 1.64. The van der Waals surface area contributed by atoms with E-state index in [4.69, 9.17) is 0 Å². The van der Waals surface area contributed by atoms with Crippen molar-refractivity contribution in [2.24, 2.45) is 0 Å². The smallest absolute Gasteiger partial charge is 0.233 e. The van der Waals surface area contributed by atoms with Gasteiger partial charge in [-0.2, -0.15) is 0 Å². The number of nitrogens with one attached hydrogen (secondary N) is 1. The molecule has 0 radical (unpaired) electrons. The van der Waals surface area contributed by atoms with Crippen LogP contribution in [0.2, 0.25) is 0 Å². The van der Waals surface area contributed by atoms with Crippen molar-refractivity contribution in [3.63, 3.8) is 0 Å². The Labute approximate surface area is 116 Å². The molecule has 0 aliphatic rings.